The number of aliphatic hydroxyl groups excluding tert-OH is 1. The summed E-state index contributed by atoms with van der Waals surface area (Å²) in [6, 6.07) is 8.14. The molecule has 0 aliphatic heterocycles. The first-order chi connectivity index (χ1) is 6.53. The molecule has 0 bridgehead atoms. The molecule has 2 N–H and O–H groups in total. The Labute approximate surface area is 106 Å². The maximum atomic E-state index is 9.05. The molecule has 0 atom stereocenters. The molecule has 0 spiro atoms. The van der Waals surface area contributed by atoms with Crippen LogP contribution < -0.4 is 5.32 Å². The first kappa shape index (κ1) is 14.9. The van der Waals surface area contributed by atoms with Crippen LogP contribution in [0.3, 0.4) is 0 Å². The molecule has 15 heavy (non-hydrogen) atoms. The quantitative estimate of drug-likeness (QED) is 0.895. The highest BCUT2D eigenvalue weighted by atomic mass is 79.9. The van der Waals surface area contributed by atoms with Crippen molar-refractivity contribution in [3.8, 4) is 0 Å². The number of hydrogen-bond donors (Lipinski definition) is 2. The summed E-state index contributed by atoms with van der Waals surface area (Å²) in [6.07, 6.45) is 0. The zero-order chi connectivity index (χ0) is 10.6. The van der Waals surface area contributed by atoms with E-state index in [1.165, 1.54) is 5.56 Å². The van der Waals surface area contributed by atoms with Crippen LogP contribution in [0.5, 0.6) is 0 Å². The van der Waals surface area contributed by atoms with Gasteiger partial charge < -0.3 is 10.4 Å². The molecule has 0 unspecified atom stereocenters. The van der Waals surface area contributed by atoms with Gasteiger partial charge in [-0.25, -0.2) is 0 Å². The second-order valence-electron chi connectivity index (χ2n) is 4.03. The van der Waals surface area contributed by atoms with Crippen LogP contribution in [0.1, 0.15) is 19.4 Å². The molecule has 0 amide bonds. The SMILES string of the molecule is CC(C)(CO)NCc1cccc(Br)c1.Cl. The van der Waals surface area contributed by atoms with Crippen LogP contribution >= 0.6 is 28.3 Å². The summed E-state index contributed by atoms with van der Waals surface area (Å²) in [4.78, 5) is 0. The molecule has 0 radical (unpaired) electrons. The molecule has 1 aromatic rings. The number of halogens is 2. The van der Waals surface area contributed by atoms with Crippen molar-refractivity contribution < 1.29 is 5.11 Å². The third-order valence-electron chi connectivity index (χ3n) is 2.06. The molecule has 0 fully saturated rings. The minimum atomic E-state index is -0.220. The van der Waals surface area contributed by atoms with Crippen molar-refractivity contribution in [3.05, 3.63) is 34.3 Å². The molecule has 2 nitrogen and oxygen atoms in total. The number of hydrogen-bond acceptors (Lipinski definition) is 2. The summed E-state index contributed by atoms with van der Waals surface area (Å²) >= 11 is 3.42. The monoisotopic (exact) mass is 293 g/mol. The first-order valence-electron chi connectivity index (χ1n) is 4.64. The van der Waals surface area contributed by atoms with Crippen LogP contribution in [-0.4, -0.2) is 17.3 Å². The largest absolute Gasteiger partial charge is 0.394 e. The summed E-state index contributed by atoms with van der Waals surface area (Å²) in [6.45, 7) is 4.87. The number of aliphatic hydroxyl groups is 1. The van der Waals surface area contributed by atoms with Gasteiger partial charge >= 0.3 is 0 Å². The predicted molar refractivity (Wildman–Crippen MR) is 69.4 cm³/mol. The van der Waals surface area contributed by atoms with Gasteiger partial charge in [0.25, 0.3) is 0 Å². The van der Waals surface area contributed by atoms with E-state index < -0.39 is 0 Å². The van der Waals surface area contributed by atoms with Gasteiger partial charge in [-0.3, -0.25) is 0 Å². The van der Waals surface area contributed by atoms with Crippen LogP contribution in [0.25, 0.3) is 0 Å². The van der Waals surface area contributed by atoms with Crippen molar-refractivity contribution in [2.24, 2.45) is 0 Å². The minimum Gasteiger partial charge on any atom is -0.394 e. The Bertz CT molecular complexity index is 304. The van der Waals surface area contributed by atoms with E-state index in [4.69, 9.17) is 5.11 Å². The predicted octanol–water partition coefficient (Wildman–Crippen LogP) is 2.73. The average molecular weight is 295 g/mol. The maximum absolute atomic E-state index is 9.05. The van der Waals surface area contributed by atoms with E-state index in [0.717, 1.165) is 11.0 Å². The number of nitrogens with one attached hydrogen (secondary N) is 1. The first-order valence-corrected chi connectivity index (χ1v) is 5.43. The second kappa shape index (κ2) is 6.48. The number of benzene rings is 1. The molecule has 86 valence electrons. The molecule has 0 aliphatic carbocycles. The van der Waals surface area contributed by atoms with E-state index in [2.05, 4.69) is 33.4 Å². The van der Waals surface area contributed by atoms with E-state index in [1.807, 2.05) is 26.0 Å². The molecule has 1 rings (SSSR count). The Balaban J connectivity index is 0.00000196. The van der Waals surface area contributed by atoms with Gasteiger partial charge in [-0.15, -0.1) is 12.4 Å². The van der Waals surface area contributed by atoms with E-state index in [1.54, 1.807) is 0 Å². The summed E-state index contributed by atoms with van der Waals surface area (Å²) in [5.41, 5.74) is 0.989. The third kappa shape index (κ3) is 5.52. The molecule has 0 saturated carbocycles. The molecule has 0 saturated heterocycles. The summed E-state index contributed by atoms with van der Waals surface area (Å²) < 4.78 is 1.08. The highest BCUT2D eigenvalue weighted by molar-refractivity contribution is 9.10. The van der Waals surface area contributed by atoms with E-state index in [9.17, 15) is 0 Å². The Hall–Kier alpha value is -0.0900. The Morgan fingerprint density at radius 1 is 1.40 bits per heavy atom. The van der Waals surface area contributed by atoms with Crippen LogP contribution in [0, 0.1) is 0 Å². The van der Waals surface area contributed by atoms with Crippen LogP contribution in [0.4, 0.5) is 0 Å². The highest BCUT2D eigenvalue weighted by Gasteiger charge is 2.14. The summed E-state index contributed by atoms with van der Waals surface area (Å²) in [5.74, 6) is 0. The zero-order valence-electron chi connectivity index (χ0n) is 8.96. The molecule has 0 aromatic heterocycles. The van der Waals surface area contributed by atoms with Crippen molar-refractivity contribution in [3.63, 3.8) is 0 Å². The van der Waals surface area contributed by atoms with Crippen LogP contribution in [-0.2, 0) is 6.54 Å². The Morgan fingerprint density at radius 2 is 2.07 bits per heavy atom. The van der Waals surface area contributed by atoms with E-state index >= 15 is 0 Å². The van der Waals surface area contributed by atoms with Crippen molar-refractivity contribution in [2.75, 3.05) is 6.61 Å². The van der Waals surface area contributed by atoms with Gasteiger partial charge in [0.1, 0.15) is 0 Å². The van der Waals surface area contributed by atoms with Gasteiger partial charge in [-0.1, -0.05) is 28.1 Å². The standard InChI is InChI=1S/C11H16BrNO.ClH/c1-11(2,8-14)13-7-9-4-3-5-10(12)6-9;/h3-6,13-14H,7-8H2,1-2H3;1H. The lowest BCUT2D eigenvalue weighted by molar-refractivity contribution is 0.187. The highest BCUT2D eigenvalue weighted by Crippen LogP contribution is 2.12. The van der Waals surface area contributed by atoms with Gasteiger partial charge in [-0.05, 0) is 31.5 Å². The van der Waals surface area contributed by atoms with Crippen molar-refractivity contribution in [2.45, 2.75) is 25.9 Å². The van der Waals surface area contributed by atoms with Gasteiger partial charge in [0.05, 0.1) is 6.61 Å². The smallest absolute Gasteiger partial charge is 0.0607 e. The molecule has 0 aliphatic rings. The maximum Gasteiger partial charge on any atom is 0.0607 e. The Morgan fingerprint density at radius 3 is 2.60 bits per heavy atom. The minimum absolute atomic E-state index is 0. The molecular formula is C11H17BrClNO. The van der Waals surface area contributed by atoms with E-state index in [-0.39, 0.29) is 24.6 Å². The number of rotatable bonds is 4. The van der Waals surface area contributed by atoms with Crippen molar-refractivity contribution in [1.82, 2.24) is 5.32 Å². The lowest BCUT2D eigenvalue weighted by atomic mass is 10.1. The average Bonchev–Trinajstić information content (AvgIpc) is 2.15. The van der Waals surface area contributed by atoms with Crippen LogP contribution in [0.2, 0.25) is 0 Å². The fourth-order valence-corrected chi connectivity index (χ4v) is 1.49. The Kier molecular flexibility index (Phi) is 6.44. The van der Waals surface area contributed by atoms with Gasteiger partial charge in [0, 0.05) is 16.6 Å². The second-order valence-corrected chi connectivity index (χ2v) is 4.94. The fraction of sp³-hybridized carbons (Fsp3) is 0.455. The van der Waals surface area contributed by atoms with Crippen molar-refractivity contribution >= 4 is 28.3 Å². The molecule has 4 heteroatoms. The van der Waals surface area contributed by atoms with Gasteiger partial charge in [0.2, 0.25) is 0 Å². The van der Waals surface area contributed by atoms with Gasteiger partial charge in [-0.2, -0.15) is 0 Å². The summed E-state index contributed by atoms with van der Waals surface area (Å²) in [7, 11) is 0. The molecule has 0 heterocycles. The topological polar surface area (TPSA) is 32.3 Å². The van der Waals surface area contributed by atoms with Gasteiger partial charge in [0.15, 0.2) is 0 Å². The zero-order valence-corrected chi connectivity index (χ0v) is 11.4. The molecule has 1 aromatic carbocycles. The third-order valence-corrected chi connectivity index (χ3v) is 2.55. The normalized spacial score (nSPS) is 10.9. The van der Waals surface area contributed by atoms with E-state index in [0.29, 0.717) is 0 Å². The lowest BCUT2D eigenvalue weighted by Crippen LogP contribution is -2.42. The molecular weight excluding hydrogens is 277 g/mol. The van der Waals surface area contributed by atoms with Crippen molar-refractivity contribution in [1.29, 1.82) is 0 Å². The fourth-order valence-electron chi connectivity index (χ4n) is 1.04. The summed E-state index contributed by atoms with van der Waals surface area (Å²) in [5, 5.41) is 12.3. The lowest BCUT2D eigenvalue weighted by Gasteiger charge is -2.23. The van der Waals surface area contributed by atoms with Crippen LogP contribution in [0.15, 0.2) is 28.7 Å².